The third-order valence-corrected chi connectivity index (χ3v) is 5.42. The van der Waals surface area contributed by atoms with Crippen LogP contribution in [0.2, 0.25) is 5.02 Å². The lowest BCUT2D eigenvalue weighted by Gasteiger charge is -2.21. The zero-order valence-corrected chi connectivity index (χ0v) is 20.0. The van der Waals surface area contributed by atoms with Crippen LogP contribution in [0.4, 0.5) is 0 Å². The third kappa shape index (κ3) is 6.13. The average Bonchev–Trinajstić information content (AvgIpc) is 2.78. The molecule has 170 valence electrons. The molecule has 0 aliphatic heterocycles. The summed E-state index contributed by atoms with van der Waals surface area (Å²) in [6.07, 6.45) is 4.96. The maximum Gasteiger partial charge on any atom is 0.289 e. The van der Waals surface area contributed by atoms with Crippen molar-refractivity contribution in [1.29, 1.82) is 0 Å². The lowest BCUT2D eigenvalue weighted by molar-refractivity contribution is 0.292. The molecule has 0 unspecified atom stereocenters. The summed E-state index contributed by atoms with van der Waals surface area (Å²) in [6, 6.07) is 16.2. The van der Waals surface area contributed by atoms with E-state index in [9.17, 15) is 4.79 Å². The van der Waals surface area contributed by atoms with Crippen LogP contribution in [0.5, 0.6) is 11.5 Å². The highest BCUT2D eigenvalue weighted by atomic mass is 35.5. The molecule has 0 spiro atoms. The lowest BCUT2D eigenvalue weighted by atomic mass is 10.0. The molecule has 0 saturated carbocycles. The van der Waals surface area contributed by atoms with Crippen molar-refractivity contribution in [3.8, 4) is 22.6 Å². The standard InChI is InChI=1S/C26H31ClN2O3/c1-5-6-7-16-31-22-14-12-21(13-15-22)20-10-8-19(9-11-20)18-32-23-17-28-29(26(2,3)4)25(30)24(23)27/h8-15,17H,5-7,16,18H2,1-4H3. The van der Waals surface area contributed by atoms with Crippen LogP contribution in [0.3, 0.4) is 0 Å². The fraction of sp³-hybridized carbons (Fsp3) is 0.385. The number of halogens is 1. The normalized spacial score (nSPS) is 11.4. The molecule has 3 rings (SSSR count). The minimum Gasteiger partial charge on any atom is -0.494 e. The predicted molar refractivity (Wildman–Crippen MR) is 130 cm³/mol. The van der Waals surface area contributed by atoms with Gasteiger partial charge in [0.15, 0.2) is 10.8 Å². The molecule has 0 aliphatic carbocycles. The van der Waals surface area contributed by atoms with Gasteiger partial charge in [-0.2, -0.15) is 5.10 Å². The summed E-state index contributed by atoms with van der Waals surface area (Å²) in [5, 5.41) is 4.24. The number of hydrogen-bond acceptors (Lipinski definition) is 4. The van der Waals surface area contributed by atoms with Gasteiger partial charge in [0, 0.05) is 0 Å². The SMILES string of the molecule is CCCCCOc1ccc(-c2ccc(COc3cnn(C(C)(C)C)c(=O)c3Cl)cc2)cc1. The van der Waals surface area contributed by atoms with Crippen molar-refractivity contribution in [3.63, 3.8) is 0 Å². The van der Waals surface area contributed by atoms with Gasteiger partial charge in [-0.1, -0.05) is 67.8 Å². The van der Waals surface area contributed by atoms with Gasteiger partial charge in [0.05, 0.1) is 18.3 Å². The van der Waals surface area contributed by atoms with E-state index in [0.29, 0.717) is 6.61 Å². The van der Waals surface area contributed by atoms with Crippen molar-refractivity contribution in [1.82, 2.24) is 9.78 Å². The van der Waals surface area contributed by atoms with Gasteiger partial charge in [-0.15, -0.1) is 0 Å². The average molecular weight is 455 g/mol. The number of rotatable bonds is 9. The van der Waals surface area contributed by atoms with Crippen LogP contribution in [0, 0.1) is 0 Å². The van der Waals surface area contributed by atoms with Crippen molar-refractivity contribution in [3.05, 3.63) is 75.7 Å². The fourth-order valence-corrected chi connectivity index (χ4v) is 3.42. The predicted octanol–water partition coefficient (Wildman–Crippen LogP) is 6.47. The molecule has 0 aliphatic rings. The highest BCUT2D eigenvalue weighted by Gasteiger charge is 2.20. The molecular weight excluding hydrogens is 424 g/mol. The quantitative estimate of drug-likeness (QED) is 0.348. The lowest BCUT2D eigenvalue weighted by Crippen LogP contribution is -2.36. The van der Waals surface area contributed by atoms with E-state index >= 15 is 0 Å². The number of nitrogens with zero attached hydrogens (tertiary/aromatic N) is 2. The molecule has 0 amide bonds. The van der Waals surface area contributed by atoms with Crippen molar-refractivity contribution in [2.24, 2.45) is 0 Å². The Balaban J connectivity index is 1.61. The molecule has 0 fully saturated rings. The summed E-state index contributed by atoms with van der Waals surface area (Å²) in [7, 11) is 0. The summed E-state index contributed by atoms with van der Waals surface area (Å²) < 4.78 is 12.9. The number of unbranched alkanes of at least 4 members (excludes halogenated alkanes) is 2. The van der Waals surface area contributed by atoms with Gasteiger partial charge >= 0.3 is 0 Å². The molecule has 2 aromatic carbocycles. The highest BCUT2D eigenvalue weighted by Crippen LogP contribution is 2.25. The van der Waals surface area contributed by atoms with Crippen molar-refractivity contribution < 1.29 is 9.47 Å². The Bertz CT molecular complexity index is 1070. The summed E-state index contributed by atoms with van der Waals surface area (Å²) in [4.78, 5) is 12.4. The molecule has 3 aromatic rings. The van der Waals surface area contributed by atoms with Crippen molar-refractivity contribution in [2.45, 2.75) is 59.1 Å². The smallest absolute Gasteiger partial charge is 0.289 e. The van der Waals surface area contributed by atoms with Crippen LogP contribution in [0.25, 0.3) is 11.1 Å². The zero-order chi connectivity index (χ0) is 23.1. The van der Waals surface area contributed by atoms with Crippen molar-refractivity contribution >= 4 is 11.6 Å². The number of ether oxygens (including phenoxy) is 2. The largest absolute Gasteiger partial charge is 0.494 e. The molecule has 0 radical (unpaired) electrons. The van der Waals surface area contributed by atoms with Crippen molar-refractivity contribution in [2.75, 3.05) is 6.61 Å². The molecule has 0 bridgehead atoms. The zero-order valence-electron chi connectivity index (χ0n) is 19.2. The minimum atomic E-state index is -0.450. The van der Waals surface area contributed by atoms with E-state index in [-0.39, 0.29) is 16.3 Å². The monoisotopic (exact) mass is 454 g/mol. The van der Waals surface area contributed by atoms with Gasteiger partial charge in [0.2, 0.25) is 0 Å². The third-order valence-electron chi connectivity index (χ3n) is 5.07. The van der Waals surface area contributed by atoms with Gasteiger partial charge in [0.1, 0.15) is 12.4 Å². The summed E-state index contributed by atoms with van der Waals surface area (Å²) in [6.45, 7) is 8.93. The molecule has 6 heteroatoms. The molecule has 0 saturated heterocycles. The minimum absolute atomic E-state index is 0.0450. The highest BCUT2D eigenvalue weighted by molar-refractivity contribution is 6.31. The Labute approximate surface area is 195 Å². The summed E-state index contributed by atoms with van der Waals surface area (Å²) >= 11 is 6.23. The van der Waals surface area contributed by atoms with Gasteiger partial charge < -0.3 is 9.47 Å². The first-order chi connectivity index (χ1) is 15.3. The Morgan fingerprint density at radius 2 is 1.56 bits per heavy atom. The fourth-order valence-electron chi connectivity index (χ4n) is 3.24. The maximum absolute atomic E-state index is 12.4. The van der Waals surface area contributed by atoms with Crippen LogP contribution in [-0.4, -0.2) is 16.4 Å². The van der Waals surface area contributed by atoms with E-state index in [2.05, 4.69) is 24.2 Å². The maximum atomic E-state index is 12.4. The number of hydrogen-bond donors (Lipinski definition) is 0. The van der Waals surface area contributed by atoms with Crippen LogP contribution in [-0.2, 0) is 12.1 Å². The number of aromatic nitrogens is 2. The second-order valence-electron chi connectivity index (χ2n) is 8.78. The summed E-state index contributed by atoms with van der Waals surface area (Å²) in [5.41, 5.74) is 2.40. The van der Waals surface area contributed by atoms with Crippen LogP contribution >= 0.6 is 11.6 Å². The van der Waals surface area contributed by atoms with Gasteiger partial charge in [-0.3, -0.25) is 4.79 Å². The Kier molecular flexibility index (Phi) is 7.97. The van der Waals surface area contributed by atoms with Gasteiger partial charge in [-0.25, -0.2) is 4.68 Å². The Morgan fingerprint density at radius 1 is 0.938 bits per heavy atom. The second kappa shape index (κ2) is 10.7. The van der Waals surface area contributed by atoms with Crippen LogP contribution in [0.1, 0.15) is 52.5 Å². The topological polar surface area (TPSA) is 53.4 Å². The van der Waals surface area contributed by atoms with E-state index in [1.54, 1.807) is 0 Å². The molecule has 0 atom stereocenters. The molecule has 1 aromatic heterocycles. The Hall–Kier alpha value is -2.79. The van der Waals surface area contributed by atoms with E-state index < -0.39 is 5.54 Å². The van der Waals surface area contributed by atoms with Gasteiger partial charge in [-0.05, 0) is 56.0 Å². The first kappa shape index (κ1) is 23.9. The van der Waals surface area contributed by atoms with Crippen LogP contribution < -0.4 is 15.0 Å². The molecule has 32 heavy (non-hydrogen) atoms. The van der Waals surface area contributed by atoms with E-state index in [4.69, 9.17) is 21.1 Å². The van der Waals surface area contributed by atoms with Crippen LogP contribution in [0.15, 0.2) is 59.5 Å². The van der Waals surface area contributed by atoms with E-state index in [1.165, 1.54) is 23.7 Å². The van der Waals surface area contributed by atoms with E-state index in [1.807, 2.05) is 57.2 Å². The first-order valence-corrected chi connectivity index (χ1v) is 11.4. The molecule has 0 N–H and O–H groups in total. The first-order valence-electron chi connectivity index (χ1n) is 11.0. The summed E-state index contributed by atoms with van der Waals surface area (Å²) in [5.74, 6) is 1.18. The number of benzene rings is 2. The van der Waals surface area contributed by atoms with E-state index in [0.717, 1.165) is 35.5 Å². The molecular formula is C26H31ClN2O3. The molecule has 5 nitrogen and oxygen atoms in total. The van der Waals surface area contributed by atoms with Gasteiger partial charge in [0.25, 0.3) is 5.56 Å². The second-order valence-corrected chi connectivity index (χ2v) is 9.15. The Morgan fingerprint density at radius 3 is 2.16 bits per heavy atom. The molecule has 1 heterocycles.